The molecule has 1 atom stereocenters. The molecule has 1 aliphatic carbocycles. The molecular weight excluding hydrogens is 436 g/mol. The number of rotatable bonds is 3. The summed E-state index contributed by atoms with van der Waals surface area (Å²) in [6, 6.07) is 11.9. The highest BCUT2D eigenvalue weighted by Gasteiger charge is 2.43. The fourth-order valence-electron chi connectivity index (χ4n) is 3.22. The summed E-state index contributed by atoms with van der Waals surface area (Å²) in [5.41, 5.74) is 2.53. The largest absolute Gasteiger partial charge is 0.495 e. The molecule has 4 nitrogen and oxygen atoms in total. The van der Waals surface area contributed by atoms with Crippen molar-refractivity contribution in [1.29, 1.82) is 0 Å². The predicted molar refractivity (Wildman–Crippen MR) is 100 cm³/mol. The lowest BCUT2D eigenvalue weighted by Crippen LogP contribution is -2.44. The van der Waals surface area contributed by atoms with E-state index in [1.807, 2.05) is 41.3 Å². The van der Waals surface area contributed by atoms with Gasteiger partial charge in [0.05, 0.1) is 17.1 Å². The summed E-state index contributed by atoms with van der Waals surface area (Å²) in [7, 11) is 1.65. The van der Waals surface area contributed by atoms with Crippen LogP contribution in [0.25, 0.3) is 0 Å². The molecule has 1 fully saturated rings. The lowest BCUT2D eigenvalue weighted by Gasteiger charge is -2.39. The van der Waals surface area contributed by atoms with Crippen LogP contribution in [0.5, 0.6) is 5.75 Å². The Kier molecular flexibility index (Phi) is 4.04. The fraction of sp³-hybridized carbons (Fsp3) is 0.278. The number of amides is 1. The van der Waals surface area contributed by atoms with E-state index in [0.29, 0.717) is 0 Å². The molecule has 0 bridgehead atoms. The predicted octanol–water partition coefficient (Wildman–Crippen LogP) is 4.95. The van der Waals surface area contributed by atoms with Crippen molar-refractivity contribution >= 4 is 43.5 Å². The van der Waals surface area contributed by atoms with Gasteiger partial charge in [0.1, 0.15) is 11.9 Å². The summed E-state index contributed by atoms with van der Waals surface area (Å²) in [5.74, 6) is 0.823. The Hall–Kier alpha value is -1.53. The molecule has 2 aromatic carbocycles. The van der Waals surface area contributed by atoms with Gasteiger partial charge in [-0.1, -0.05) is 28.1 Å². The summed E-state index contributed by atoms with van der Waals surface area (Å²) in [5, 5.41) is 3.53. The molecule has 0 spiro atoms. The number of nitrogens with one attached hydrogen (secondary N) is 1. The molecule has 1 amide bonds. The van der Waals surface area contributed by atoms with Gasteiger partial charge in [0, 0.05) is 21.8 Å². The normalized spacial score (nSPS) is 19.7. The standard InChI is InChI=1S/C18H16Br2N2O2/c1-24-16-13(8-10(19)9-14(16)20)17-21-15-5-3-2-4-12(15)18(23)22(17)11-6-7-11/h2-5,8-9,11,17,21H,6-7H2,1H3. The zero-order valence-electron chi connectivity index (χ0n) is 13.1. The molecule has 6 heteroatoms. The Morgan fingerprint density at radius 2 is 1.96 bits per heavy atom. The van der Waals surface area contributed by atoms with Gasteiger partial charge in [-0.2, -0.15) is 0 Å². The Labute approximate surface area is 157 Å². The molecule has 2 aliphatic rings. The average molecular weight is 452 g/mol. The van der Waals surface area contributed by atoms with Crippen LogP contribution in [0.2, 0.25) is 0 Å². The van der Waals surface area contributed by atoms with Gasteiger partial charge in [0.25, 0.3) is 5.91 Å². The Morgan fingerprint density at radius 3 is 2.67 bits per heavy atom. The Bertz CT molecular complexity index is 821. The van der Waals surface area contributed by atoms with Gasteiger partial charge >= 0.3 is 0 Å². The van der Waals surface area contributed by atoms with Crippen LogP contribution in [0.4, 0.5) is 5.69 Å². The molecule has 24 heavy (non-hydrogen) atoms. The smallest absolute Gasteiger partial charge is 0.258 e. The van der Waals surface area contributed by atoms with Crippen LogP contribution in [0.3, 0.4) is 0 Å². The number of benzene rings is 2. The molecule has 1 N–H and O–H groups in total. The highest BCUT2D eigenvalue weighted by atomic mass is 79.9. The zero-order chi connectivity index (χ0) is 16.8. The van der Waals surface area contributed by atoms with Crippen LogP contribution in [0.1, 0.15) is 34.9 Å². The second-order valence-electron chi connectivity index (χ2n) is 6.05. The number of methoxy groups -OCH3 is 1. The van der Waals surface area contributed by atoms with E-state index in [0.717, 1.165) is 44.4 Å². The van der Waals surface area contributed by atoms with E-state index in [1.165, 1.54) is 0 Å². The summed E-state index contributed by atoms with van der Waals surface area (Å²) in [4.78, 5) is 15.0. The Balaban J connectivity index is 1.86. The number of halogens is 2. The molecule has 0 radical (unpaired) electrons. The van der Waals surface area contributed by atoms with E-state index in [-0.39, 0.29) is 18.1 Å². The maximum atomic E-state index is 13.1. The van der Waals surface area contributed by atoms with Crippen molar-refractivity contribution in [1.82, 2.24) is 4.90 Å². The summed E-state index contributed by atoms with van der Waals surface area (Å²) in [6.07, 6.45) is 1.84. The number of ether oxygens (including phenoxy) is 1. The van der Waals surface area contributed by atoms with E-state index >= 15 is 0 Å². The molecule has 2 aromatic rings. The first-order chi connectivity index (χ1) is 11.6. The maximum Gasteiger partial charge on any atom is 0.258 e. The van der Waals surface area contributed by atoms with Crippen LogP contribution in [0, 0.1) is 0 Å². The van der Waals surface area contributed by atoms with Crippen LogP contribution in [-0.2, 0) is 0 Å². The van der Waals surface area contributed by atoms with Gasteiger partial charge < -0.3 is 15.0 Å². The van der Waals surface area contributed by atoms with Crippen molar-refractivity contribution in [3.8, 4) is 5.75 Å². The summed E-state index contributed by atoms with van der Waals surface area (Å²) < 4.78 is 7.41. The molecule has 0 saturated heterocycles. The third-order valence-electron chi connectivity index (χ3n) is 4.44. The zero-order valence-corrected chi connectivity index (χ0v) is 16.2. The minimum Gasteiger partial charge on any atom is -0.495 e. The first-order valence-electron chi connectivity index (χ1n) is 7.81. The monoisotopic (exact) mass is 450 g/mol. The molecule has 1 saturated carbocycles. The third-order valence-corrected chi connectivity index (χ3v) is 5.49. The van der Waals surface area contributed by atoms with Crippen molar-refractivity contribution in [2.75, 3.05) is 12.4 Å². The van der Waals surface area contributed by atoms with Crippen molar-refractivity contribution in [3.63, 3.8) is 0 Å². The van der Waals surface area contributed by atoms with E-state index < -0.39 is 0 Å². The average Bonchev–Trinajstić information content (AvgIpc) is 3.39. The van der Waals surface area contributed by atoms with Crippen LogP contribution in [0.15, 0.2) is 45.3 Å². The van der Waals surface area contributed by atoms with E-state index in [2.05, 4.69) is 37.2 Å². The van der Waals surface area contributed by atoms with E-state index in [1.54, 1.807) is 7.11 Å². The van der Waals surface area contributed by atoms with Crippen molar-refractivity contribution < 1.29 is 9.53 Å². The molecule has 4 rings (SSSR count). The van der Waals surface area contributed by atoms with Crippen molar-refractivity contribution in [3.05, 3.63) is 56.5 Å². The van der Waals surface area contributed by atoms with Crippen LogP contribution < -0.4 is 10.1 Å². The second kappa shape index (κ2) is 6.08. The van der Waals surface area contributed by atoms with Gasteiger partial charge in [-0.05, 0) is 53.0 Å². The van der Waals surface area contributed by atoms with Crippen molar-refractivity contribution in [2.24, 2.45) is 0 Å². The molecule has 124 valence electrons. The number of fused-ring (bicyclic) bond motifs is 1. The molecule has 1 unspecified atom stereocenters. The topological polar surface area (TPSA) is 41.6 Å². The SMILES string of the molecule is COc1c(Br)cc(Br)cc1C1Nc2ccccc2C(=O)N1C1CC1. The molecular formula is C18H16Br2N2O2. The van der Waals surface area contributed by atoms with E-state index in [4.69, 9.17) is 4.74 Å². The van der Waals surface area contributed by atoms with Gasteiger partial charge in [0.15, 0.2) is 0 Å². The summed E-state index contributed by atoms with van der Waals surface area (Å²) >= 11 is 7.10. The lowest BCUT2D eigenvalue weighted by molar-refractivity contribution is 0.0664. The van der Waals surface area contributed by atoms with Gasteiger partial charge in [-0.15, -0.1) is 0 Å². The van der Waals surface area contributed by atoms with Gasteiger partial charge in [-0.3, -0.25) is 4.79 Å². The first-order valence-corrected chi connectivity index (χ1v) is 9.40. The van der Waals surface area contributed by atoms with Gasteiger partial charge in [-0.25, -0.2) is 0 Å². The fourth-order valence-corrected chi connectivity index (χ4v) is 4.64. The minimum atomic E-state index is -0.247. The quantitative estimate of drug-likeness (QED) is 0.717. The Morgan fingerprint density at radius 1 is 1.21 bits per heavy atom. The highest BCUT2D eigenvalue weighted by molar-refractivity contribution is 9.11. The number of para-hydroxylation sites is 1. The minimum absolute atomic E-state index is 0.0787. The number of anilines is 1. The number of carbonyl (C=O) groups excluding carboxylic acids is 1. The summed E-state index contributed by atoms with van der Waals surface area (Å²) in [6.45, 7) is 0. The number of nitrogens with zero attached hydrogens (tertiary/aromatic N) is 1. The van der Waals surface area contributed by atoms with Crippen LogP contribution in [-0.4, -0.2) is 24.0 Å². The number of hydrogen-bond donors (Lipinski definition) is 1. The third kappa shape index (κ3) is 2.62. The second-order valence-corrected chi connectivity index (χ2v) is 7.82. The lowest BCUT2D eigenvalue weighted by atomic mass is 10.0. The highest BCUT2D eigenvalue weighted by Crippen LogP contribution is 2.45. The molecule has 1 aliphatic heterocycles. The molecule has 0 aromatic heterocycles. The van der Waals surface area contributed by atoms with Gasteiger partial charge in [0.2, 0.25) is 0 Å². The maximum absolute atomic E-state index is 13.1. The number of carbonyl (C=O) groups is 1. The number of hydrogen-bond acceptors (Lipinski definition) is 3. The molecule has 1 heterocycles. The van der Waals surface area contributed by atoms with E-state index in [9.17, 15) is 4.79 Å². The first kappa shape index (κ1) is 16.0. The van der Waals surface area contributed by atoms with Crippen molar-refractivity contribution in [2.45, 2.75) is 25.0 Å². The van der Waals surface area contributed by atoms with Crippen LogP contribution >= 0.6 is 31.9 Å².